The van der Waals surface area contributed by atoms with Gasteiger partial charge in [-0.05, 0) is 17.4 Å². The molecule has 0 amide bonds. The van der Waals surface area contributed by atoms with Crippen LogP contribution in [0.2, 0.25) is 0 Å². The summed E-state index contributed by atoms with van der Waals surface area (Å²) in [5.41, 5.74) is 1.88. The highest BCUT2D eigenvalue weighted by Crippen LogP contribution is 2.22. The molecule has 0 fully saturated rings. The molecule has 1 aromatic carbocycles. The van der Waals surface area contributed by atoms with Crippen molar-refractivity contribution in [1.29, 1.82) is 0 Å². The Hall–Kier alpha value is -1.15. The van der Waals surface area contributed by atoms with E-state index in [1.54, 1.807) is 0 Å². The van der Waals surface area contributed by atoms with Crippen molar-refractivity contribution in [3.8, 4) is 0 Å². The molecule has 0 aliphatic rings. The van der Waals surface area contributed by atoms with Gasteiger partial charge in [-0.25, -0.2) is 0 Å². The van der Waals surface area contributed by atoms with Gasteiger partial charge < -0.3 is 5.11 Å². The number of ketones is 1. The molecule has 0 bridgehead atoms. The lowest BCUT2D eigenvalue weighted by molar-refractivity contribution is 0.0729. The molecule has 17 heavy (non-hydrogen) atoms. The Morgan fingerprint density at radius 3 is 2.18 bits per heavy atom. The molecule has 0 radical (unpaired) electrons. The van der Waals surface area contributed by atoms with Crippen molar-refractivity contribution in [2.24, 2.45) is 0 Å². The molecule has 1 atom stereocenters. The van der Waals surface area contributed by atoms with E-state index in [1.807, 2.05) is 31.2 Å². The summed E-state index contributed by atoms with van der Waals surface area (Å²) in [6.07, 6.45) is 0.479. The van der Waals surface area contributed by atoms with Gasteiger partial charge >= 0.3 is 0 Å². The number of hydrogen-bond donors (Lipinski definition) is 1. The van der Waals surface area contributed by atoms with E-state index in [4.69, 9.17) is 0 Å². The van der Waals surface area contributed by atoms with Crippen LogP contribution >= 0.6 is 0 Å². The lowest BCUT2D eigenvalue weighted by Gasteiger charge is -2.19. The Labute approximate surface area is 104 Å². The van der Waals surface area contributed by atoms with Crippen LogP contribution in [0, 0.1) is 0 Å². The van der Waals surface area contributed by atoms with E-state index >= 15 is 0 Å². The zero-order chi connectivity index (χ0) is 13.1. The molecule has 0 aliphatic heterocycles. The number of Topliss-reactive ketones (excluding diaryl/α,β-unsaturated/α-hetero) is 1. The molecule has 1 rings (SSSR count). The predicted molar refractivity (Wildman–Crippen MR) is 70.4 cm³/mol. The maximum atomic E-state index is 11.8. The van der Waals surface area contributed by atoms with E-state index in [1.165, 1.54) is 5.56 Å². The zero-order valence-electron chi connectivity index (χ0n) is 11.2. The van der Waals surface area contributed by atoms with Crippen LogP contribution in [-0.2, 0) is 5.41 Å². The smallest absolute Gasteiger partial charge is 0.191 e. The van der Waals surface area contributed by atoms with Crippen LogP contribution in [0.1, 0.15) is 56.5 Å². The fourth-order valence-electron chi connectivity index (χ4n) is 1.73. The van der Waals surface area contributed by atoms with Gasteiger partial charge in [-0.3, -0.25) is 4.79 Å². The van der Waals surface area contributed by atoms with Crippen molar-refractivity contribution in [3.63, 3.8) is 0 Å². The van der Waals surface area contributed by atoms with Gasteiger partial charge in [0.05, 0.1) is 0 Å². The predicted octanol–water partition coefficient (Wildman–Crippen LogP) is 3.33. The summed E-state index contributed by atoms with van der Waals surface area (Å²) in [4.78, 5) is 11.8. The molecule has 0 aliphatic carbocycles. The van der Waals surface area contributed by atoms with Gasteiger partial charge in [-0.1, -0.05) is 58.4 Å². The van der Waals surface area contributed by atoms with Gasteiger partial charge in [0.25, 0.3) is 0 Å². The third-order valence-electron chi connectivity index (χ3n) is 2.90. The number of aliphatic hydroxyl groups is 1. The topological polar surface area (TPSA) is 37.3 Å². The lowest BCUT2D eigenvalue weighted by atomic mass is 9.86. The van der Waals surface area contributed by atoms with Gasteiger partial charge in [0.15, 0.2) is 5.78 Å². The first-order chi connectivity index (χ1) is 7.86. The number of carbonyl (C=O) groups excluding carboxylic acids is 1. The third kappa shape index (κ3) is 3.67. The molecule has 0 aromatic heterocycles. The van der Waals surface area contributed by atoms with Gasteiger partial charge in [-0.2, -0.15) is 0 Å². The molecule has 2 nitrogen and oxygen atoms in total. The van der Waals surface area contributed by atoms with Crippen molar-refractivity contribution in [3.05, 3.63) is 35.4 Å². The number of carbonyl (C=O) groups is 1. The second kappa shape index (κ2) is 5.46. The van der Waals surface area contributed by atoms with Crippen LogP contribution in [0.4, 0.5) is 0 Å². The molecule has 1 unspecified atom stereocenters. The Morgan fingerprint density at radius 2 is 1.76 bits per heavy atom. The van der Waals surface area contributed by atoms with Gasteiger partial charge in [-0.15, -0.1) is 0 Å². The quantitative estimate of drug-likeness (QED) is 0.811. The van der Waals surface area contributed by atoms with Gasteiger partial charge in [0.2, 0.25) is 0 Å². The van der Waals surface area contributed by atoms with E-state index in [-0.39, 0.29) is 11.2 Å². The summed E-state index contributed by atoms with van der Waals surface area (Å²) in [5.74, 6) is -0.174. The van der Waals surface area contributed by atoms with Gasteiger partial charge in [0.1, 0.15) is 6.10 Å². The normalized spacial score (nSPS) is 13.5. The van der Waals surface area contributed by atoms with Crippen molar-refractivity contribution < 1.29 is 9.90 Å². The highest BCUT2D eigenvalue weighted by atomic mass is 16.3. The van der Waals surface area contributed by atoms with E-state index in [0.717, 1.165) is 6.42 Å². The van der Waals surface area contributed by atoms with E-state index in [0.29, 0.717) is 12.0 Å². The number of rotatable bonds is 4. The van der Waals surface area contributed by atoms with Crippen LogP contribution in [0.5, 0.6) is 0 Å². The Morgan fingerprint density at radius 1 is 1.24 bits per heavy atom. The minimum Gasteiger partial charge on any atom is -0.385 e. The number of benzene rings is 1. The lowest BCUT2D eigenvalue weighted by Crippen LogP contribution is -2.20. The molecular formula is C15H22O2. The molecule has 2 heteroatoms. The van der Waals surface area contributed by atoms with E-state index in [2.05, 4.69) is 20.8 Å². The Bertz CT molecular complexity index is 371. The average molecular weight is 234 g/mol. The Kier molecular flexibility index (Phi) is 4.47. The summed E-state index contributed by atoms with van der Waals surface area (Å²) in [5, 5.41) is 9.65. The first-order valence-electron chi connectivity index (χ1n) is 6.19. The van der Waals surface area contributed by atoms with Crippen molar-refractivity contribution in [2.75, 3.05) is 0 Å². The largest absolute Gasteiger partial charge is 0.385 e. The molecule has 0 heterocycles. The van der Waals surface area contributed by atoms with Crippen molar-refractivity contribution >= 4 is 5.78 Å². The summed E-state index contributed by atoms with van der Waals surface area (Å²) < 4.78 is 0. The number of aliphatic hydroxyl groups excluding tert-OH is 1. The SMILES string of the molecule is CCCC(O)C(=O)c1ccc(C(C)(C)C)cc1. The Balaban J connectivity index is 2.84. The zero-order valence-corrected chi connectivity index (χ0v) is 11.2. The molecule has 94 valence electrons. The van der Waals surface area contributed by atoms with E-state index in [9.17, 15) is 9.90 Å². The fourth-order valence-corrected chi connectivity index (χ4v) is 1.73. The standard InChI is InChI=1S/C15H22O2/c1-5-6-13(16)14(17)11-7-9-12(10-8-11)15(2,3)4/h7-10,13,16H,5-6H2,1-4H3. The number of hydrogen-bond acceptors (Lipinski definition) is 2. The summed E-state index contributed by atoms with van der Waals surface area (Å²) in [7, 11) is 0. The monoisotopic (exact) mass is 234 g/mol. The van der Waals surface area contributed by atoms with Crippen molar-refractivity contribution in [1.82, 2.24) is 0 Å². The van der Waals surface area contributed by atoms with Gasteiger partial charge in [0, 0.05) is 5.56 Å². The molecule has 0 saturated carbocycles. The molecular weight excluding hydrogens is 212 g/mol. The highest BCUT2D eigenvalue weighted by Gasteiger charge is 2.18. The van der Waals surface area contributed by atoms with Crippen LogP contribution in [0.25, 0.3) is 0 Å². The first-order valence-corrected chi connectivity index (χ1v) is 6.19. The van der Waals surface area contributed by atoms with Crippen LogP contribution in [0.15, 0.2) is 24.3 Å². The minimum absolute atomic E-state index is 0.0869. The minimum atomic E-state index is -0.861. The molecule has 0 saturated heterocycles. The van der Waals surface area contributed by atoms with Crippen LogP contribution in [-0.4, -0.2) is 17.0 Å². The second-order valence-corrected chi connectivity index (χ2v) is 5.50. The maximum absolute atomic E-state index is 11.8. The first kappa shape index (κ1) is 13.9. The van der Waals surface area contributed by atoms with Crippen LogP contribution < -0.4 is 0 Å². The third-order valence-corrected chi connectivity index (χ3v) is 2.90. The molecule has 0 spiro atoms. The van der Waals surface area contributed by atoms with Crippen LogP contribution in [0.3, 0.4) is 0 Å². The van der Waals surface area contributed by atoms with Crippen molar-refractivity contribution in [2.45, 2.75) is 52.1 Å². The highest BCUT2D eigenvalue weighted by molar-refractivity contribution is 5.99. The summed E-state index contributed by atoms with van der Waals surface area (Å²) in [6.45, 7) is 8.36. The summed E-state index contributed by atoms with van der Waals surface area (Å²) >= 11 is 0. The average Bonchev–Trinajstić information content (AvgIpc) is 2.27. The summed E-state index contributed by atoms with van der Waals surface area (Å²) in [6, 6.07) is 7.54. The maximum Gasteiger partial charge on any atom is 0.191 e. The molecule has 1 N–H and O–H groups in total. The fraction of sp³-hybridized carbons (Fsp3) is 0.533. The molecule has 1 aromatic rings. The second-order valence-electron chi connectivity index (χ2n) is 5.50. The van der Waals surface area contributed by atoms with E-state index < -0.39 is 6.10 Å².